The molecule has 0 amide bonds. The SMILES string of the molecule is [N-]=[N+]=C(C(=O)C=C1CCCCC1)c1ccccc1. The molecule has 1 aromatic rings. The van der Waals surface area contributed by atoms with E-state index >= 15 is 0 Å². The van der Waals surface area contributed by atoms with Crippen molar-refractivity contribution in [3.63, 3.8) is 0 Å². The van der Waals surface area contributed by atoms with E-state index in [1.807, 2.05) is 18.2 Å². The molecule has 0 heterocycles. The van der Waals surface area contributed by atoms with E-state index in [-0.39, 0.29) is 11.5 Å². The van der Waals surface area contributed by atoms with E-state index in [9.17, 15) is 4.79 Å². The van der Waals surface area contributed by atoms with Crippen molar-refractivity contribution in [1.29, 1.82) is 0 Å². The first kappa shape index (κ1) is 12.5. The van der Waals surface area contributed by atoms with E-state index in [1.165, 1.54) is 12.0 Å². The fourth-order valence-corrected chi connectivity index (χ4v) is 2.25. The van der Waals surface area contributed by atoms with Crippen molar-refractivity contribution in [2.24, 2.45) is 0 Å². The van der Waals surface area contributed by atoms with Crippen LogP contribution in [0.3, 0.4) is 0 Å². The smallest absolute Gasteiger partial charge is 0.361 e. The van der Waals surface area contributed by atoms with Gasteiger partial charge in [-0.1, -0.05) is 30.2 Å². The zero-order chi connectivity index (χ0) is 12.8. The third-order valence-electron chi connectivity index (χ3n) is 3.21. The van der Waals surface area contributed by atoms with Crippen molar-refractivity contribution in [3.05, 3.63) is 53.1 Å². The predicted octanol–water partition coefficient (Wildman–Crippen LogP) is 3.17. The molecule has 3 heteroatoms. The zero-order valence-corrected chi connectivity index (χ0v) is 10.3. The summed E-state index contributed by atoms with van der Waals surface area (Å²) in [5, 5.41) is 0. The number of allylic oxidation sites excluding steroid dienone is 2. The van der Waals surface area contributed by atoms with E-state index in [0.29, 0.717) is 5.56 Å². The van der Waals surface area contributed by atoms with E-state index in [2.05, 4.69) is 4.79 Å². The predicted molar refractivity (Wildman–Crippen MR) is 70.3 cm³/mol. The molecule has 1 aromatic carbocycles. The van der Waals surface area contributed by atoms with Crippen LogP contribution in [0.2, 0.25) is 0 Å². The molecule has 0 bridgehead atoms. The number of carbonyl (C=O) groups excluding carboxylic acids is 1. The second kappa shape index (κ2) is 6.08. The summed E-state index contributed by atoms with van der Waals surface area (Å²) in [6.45, 7) is 0. The van der Waals surface area contributed by atoms with Gasteiger partial charge in [-0.15, -0.1) is 0 Å². The van der Waals surface area contributed by atoms with Crippen molar-refractivity contribution < 1.29 is 9.58 Å². The molecule has 92 valence electrons. The lowest BCUT2D eigenvalue weighted by Gasteiger charge is -2.12. The average molecular weight is 240 g/mol. The van der Waals surface area contributed by atoms with Gasteiger partial charge in [-0.25, -0.2) is 0 Å². The van der Waals surface area contributed by atoms with Gasteiger partial charge in [-0.3, -0.25) is 4.79 Å². The summed E-state index contributed by atoms with van der Waals surface area (Å²) in [6.07, 6.45) is 7.15. The maximum atomic E-state index is 12.1. The first-order valence-corrected chi connectivity index (χ1v) is 6.32. The van der Waals surface area contributed by atoms with Crippen LogP contribution in [0.25, 0.3) is 5.53 Å². The minimum Gasteiger partial charge on any atom is -0.361 e. The van der Waals surface area contributed by atoms with Gasteiger partial charge in [0.15, 0.2) is 0 Å². The molecule has 0 saturated heterocycles. The topological polar surface area (TPSA) is 53.5 Å². The molecular formula is C15H16N2O. The van der Waals surface area contributed by atoms with Crippen LogP contribution in [0, 0.1) is 0 Å². The normalized spacial score (nSPS) is 14.8. The molecule has 0 aliphatic heterocycles. The van der Waals surface area contributed by atoms with Gasteiger partial charge in [0.1, 0.15) is 0 Å². The summed E-state index contributed by atoms with van der Waals surface area (Å²) in [7, 11) is 0. The quantitative estimate of drug-likeness (QED) is 0.346. The zero-order valence-electron chi connectivity index (χ0n) is 10.3. The van der Waals surface area contributed by atoms with Crippen molar-refractivity contribution >= 4 is 11.5 Å². The fraction of sp³-hybridized carbons (Fsp3) is 0.333. The minimum absolute atomic E-state index is 0.119. The summed E-state index contributed by atoms with van der Waals surface area (Å²) in [5.74, 6) is -0.208. The molecule has 0 atom stereocenters. The first-order valence-electron chi connectivity index (χ1n) is 6.32. The van der Waals surface area contributed by atoms with E-state index in [1.54, 1.807) is 18.2 Å². The maximum absolute atomic E-state index is 12.1. The molecule has 1 aliphatic rings. The first-order chi connectivity index (χ1) is 8.81. The van der Waals surface area contributed by atoms with Gasteiger partial charge >= 0.3 is 5.71 Å². The Morgan fingerprint density at radius 1 is 1.11 bits per heavy atom. The summed E-state index contributed by atoms with van der Waals surface area (Å²) in [4.78, 5) is 15.2. The third kappa shape index (κ3) is 3.02. The molecule has 0 aromatic heterocycles. The Balaban J connectivity index is 2.19. The van der Waals surface area contributed by atoms with Crippen molar-refractivity contribution in [1.82, 2.24) is 0 Å². The van der Waals surface area contributed by atoms with Gasteiger partial charge in [0.2, 0.25) is 0 Å². The molecule has 2 rings (SSSR count). The number of carbonyl (C=O) groups is 1. The lowest BCUT2D eigenvalue weighted by molar-refractivity contribution is -0.112. The van der Waals surface area contributed by atoms with Crippen LogP contribution in [0.15, 0.2) is 42.0 Å². The molecule has 1 saturated carbocycles. The fourth-order valence-electron chi connectivity index (χ4n) is 2.25. The third-order valence-corrected chi connectivity index (χ3v) is 3.21. The van der Waals surface area contributed by atoms with Crippen LogP contribution in [0.1, 0.15) is 37.7 Å². The van der Waals surface area contributed by atoms with E-state index in [4.69, 9.17) is 5.53 Å². The van der Waals surface area contributed by atoms with Crippen molar-refractivity contribution in [2.45, 2.75) is 32.1 Å². The Bertz CT molecular complexity index is 503. The van der Waals surface area contributed by atoms with Gasteiger partial charge in [-0.2, -0.15) is 4.79 Å². The highest BCUT2D eigenvalue weighted by atomic mass is 16.1. The Labute approximate surface area is 107 Å². The number of hydrogen-bond donors (Lipinski definition) is 0. The summed E-state index contributed by atoms with van der Waals surface area (Å²) < 4.78 is 0. The molecule has 0 unspecified atom stereocenters. The van der Waals surface area contributed by atoms with Crippen LogP contribution >= 0.6 is 0 Å². The Kier molecular flexibility index (Phi) is 4.21. The molecule has 0 radical (unpaired) electrons. The molecular weight excluding hydrogens is 224 g/mol. The second-order valence-electron chi connectivity index (χ2n) is 4.54. The summed E-state index contributed by atoms with van der Waals surface area (Å²) >= 11 is 0. The van der Waals surface area contributed by atoms with Crippen LogP contribution in [-0.4, -0.2) is 16.3 Å². The van der Waals surface area contributed by atoms with Crippen LogP contribution < -0.4 is 0 Å². The Morgan fingerprint density at radius 3 is 2.39 bits per heavy atom. The van der Waals surface area contributed by atoms with Crippen LogP contribution in [0.5, 0.6) is 0 Å². The molecule has 1 aliphatic carbocycles. The number of rotatable bonds is 3. The van der Waals surface area contributed by atoms with Gasteiger partial charge < -0.3 is 5.53 Å². The lowest BCUT2D eigenvalue weighted by Crippen LogP contribution is -2.15. The largest absolute Gasteiger partial charge is 0.369 e. The second-order valence-corrected chi connectivity index (χ2v) is 4.54. The van der Waals surface area contributed by atoms with E-state index < -0.39 is 0 Å². The van der Waals surface area contributed by atoms with Crippen LogP contribution in [0.4, 0.5) is 0 Å². The van der Waals surface area contributed by atoms with Gasteiger partial charge in [0.25, 0.3) is 5.78 Å². The lowest BCUT2D eigenvalue weighted by atomic mass is 9.93. The van der Waals surface area contributed by atoms with E-state index in [0.717, 1.165) is 25.7 Å². The van der Waals surface area contributed by atoms with Gasteiger partial charge in [0, 0.05) is 0 Å². The highest BCUT2D eigenvalue weighted by Gasteiger charge is 2.21. The Hall–Kier alpha value is -1.99. The highest BCUT2D eigenvalue weighted by Crippen LogP contribution is 2.22. The summed E-state index contributed by atoms with van der Waals surface area (Å²) in [6, 6.07) is 9.05. The monoisotopic (exact) mass is 240 g/mol. The van der Waals surface area contributed by atoms with Gasteiger partial charge in [0.05, 0.1) is 5.56 Å². The standard InChI is InChI=1S/C15H16N2O/c16-17-15(13-9-5-2-6-10-13)14(18)11-12-7-3-1-4-8-12/h2,5-6,9-11H,1,3-4,7-8H2. The molecule has 0 N–H and O–H groups in total. The molecule has 1 fully saturated rings. The van der Waals surface area contributed by atoms with Gasteiger partial charge in [-0.05, 0) is 43.9 Å². The molecule has 3 nitrogen and oxygen atoms in total. The molecule has 18 heavy (non-hydrogen) atoms. The maximum Gasteiger partial charge on any atom is 0.369 e. The summed E-state index contributed by atoms with van der Waals surface area (Å²) in [5.41, 5.74) is 11.0. The average Bonchev–Trinajstić information content (AvgIpc) is 2.42. The highest BCUT2D eigenvalue weighted by molar-refractivity contribution is 6.47. The number of hydrogen-bond acceptors (Lipinski definition) is 1. The number of ketones is 1. The van der Waals surface area contributed by atoms with Crippen molar-refractivity contribution in [2.75, 3.05) is 0 Å². The number of benzene rings is 1. The van der Waals surface area contributed by atoms with Crippen molar-refractivity contribution in [3.8, 4) is 0 Å². The Morgan fingerprint density at radius 2 is 1.78 bits per heavy atom. The minimum atomic E-state index is -0.208. The molecule has 0 spiro atoms. The van der Waals surface area contributed by atoms with Crippen LogP contribution in [-0.2, 0) is 4.79 Å². The number of nitrogens with zero attached hydrogens (tertiary/aromatic N) is 2.